The number of aryl methyl sites for hydroxylation is 1. The summed E-state index contributed by atoms with van der Waals surface area (Å²) in [4.78, 5) is 4.46. The van der Waals surface area contributed by atoms with Gasteiger partial charge in [-0.3, -0.25) is 5.10 Å². The van der Waals surface area contributed by atoms with Crippen LogP contribution in [0.1, 0.15) is 5.69 Å². The average Bonchev–Trinajstić information content (AvgIpc) is 2.81. The first kappa shape index (κ1) is 11.5. The summed E-state index contributed by atoms with van der Waals surface area (Å²) in [7, 11) is 0. The summed E-state index contributed by atoms with van der Waals surface area (Å²) in [6.45, 7) is 1.86. The third-order valence-corrected chi connectivity index (χ3v) is 3.34. The maximum Gasteiger partial charge on any atom is 0.216 e. The third kappa shape index (κ3) is 1.85. The van der Waals surface area contributed by atoms with Gasteiger partial charge >= 0.3 is 0 Å². The number of nitrogens with one attached hydrogen (secondary N) is 1. The molecule has 0 aliphatic carbocycles. The number of aromatic nitrogens is 5. The van der Waals surface area contributed by atoms with E-state index in [1.807, 2.05) is 31.2 Å². The zero-order valence-corrected chi connectivity index (χ0v) is 11.8. The van der Waals surface area contributed by atoms with Gasteiger partial charge in [0.2, 0.25) is 4.77 Å². The van der Waals surface area contributed by atoms with Crippen LogP contribution < -0.4 is 0 Å². The van der Waals surface area contributed by atoms with Crippen LogP contribution in [0.5, 0.6) is 0 Å². The van der Waals surface area contributed by atoms with Crippen molar-refractivity contribution in [2.24, 2.45) is 0 Å². The first-order valence-electron chi connectivity index (χ1n) is 5.23. The second-order valence-electron chi connectivity index (χ2n) is 3.79. The summed E-state index contributed by atoms with van der Waals surface area (Å²) < 4.78 is 3.05. The van der Waals surface area contributed by atoms with E-state index in [-0.39, 0.29) is 0 Å². The Morgan fingerprint density at radius 1 is 1.28 bits per heavy atom. The SMILES string of the molecule is Cc1n[nH]c(=S)n2nc(-c3ccc(Br)cc3)nc12. The average molecular weight is 322 g/mol. The summed E-state index contributed by atoms with van der Waals surface area (Å²) in [6.07, 6.45) is 0. The number of nitrogens with zero attached hydrogens (tertiary/aromatic N) is 4. The minimum absolute atomic E-state index is 0.437. The predicted octanol–water partition coefficient (Wildman–Crippen LogP) is 2.92. The van der Waals surface area contributed by atoms with Crippen molar-refractivity contribution in [1.82, 2.24) is 24.8 Å². The molecule has 0 atom stereocenters. The van der Waals surface area contributed by atoms with Crippen molar-refractivity contribution in [3.63, 3.8) is 0 Å². The van der Waals surface area contributed by atoms with E-state index < -0.39 is 0 Å². The largest absolute Gasteiger partial charge is 0.252 e. The van der Waals surface area contributed by atoms with E-state index >= 15 is 0 Å². The van der Waals surface area contributed by atoms with Crippen LogP contribution in [-0.4, -0.2) is 24.8 Å². The number of benzene rings is 1. The Kier molecular flexibility index (Phi) is 2.71. The number of H-pyrrole nitrogens is 1. The molecule has 7 heteroatoms. The standard InChI is InChI=1S/C11H8BrN5S/c1-6-10-13-9(7-2-4-8(12)5-3-7)16-17(10)11(18)15-14-6/h2-5H,1H3,(H,15,18). The summed E-state index contributed by atoms with van der Waals surface area (Å²) in [5.41, 5.74) is 2.38. The normalized spacial score (nSPS) is 11.0. The molecule has 90 valence electrons. The zero-order chi connectivity index (χ0) is 12.7. The molecule has 0 unspecified atom stereocenters. The molecule has 0 amide bonds. The predicted molar refractivity (Wildman–Crippen MR) is 73.8 cm³/mol. The Morgan fingerprint density at radius 3 is 2.67 bits per heavy atom. The van der Waals surface area contributed by atoms with Crippen LogP contribution >= 0.6 is 28.1 Å². The fourth-order valence-electron chi connectivity index (χ4n) is 1.64. The first-order chi connectivity index (χ1) is 8.65. The Hall–Kier alpha value is -1.60. The summed E-state index contributed by atoms with van der Waals surface area (Å²) >= 11 is 8.53. The molecule has 0 radical (unpaired) electrons. The highest BCUT2D eigenvalue weighted by Gasteiger charge is 2.09. The summed E-state index contributed by atoms with van der Waals surface area (Å²) in [5, 5.41) is 11.2. The van der Waals surface area contributed by atoms with Crippen LogP contribution in [0.25, 0.3) is 17.0 Å². The third-order valence-electron chi connectivity index (χ3n) is 2.54. The van der Waals surface area contributed by atoms with Crippen LogP contribution in [0.4, 0.5) is 0 Å². The Bertz CT molecular complexity index is 774. The van der Waals surface area contributed by atoms with Gasteiger partial charge < -0.3 is 0 Å². The zero-order valence-electron chi connectivity index (χ0n) is 9.38. The van der Waals surface area contributed by atoms with Crippen molar-refractivity contribution >= 4 is 33.8 Å². The molecule has 0 aliphatic rings. The minimum atomic E-state index is 0.437. The van der Waals surface area contributed by atoms with E-state index in [1.54, 1.807) is 4.52 Å². The first-order valence-corrected chi connectivity index (χ1v) is 6.43. The number of halogens is 1. The van der Waals surface area contributed by atoms with E-state index in [0.29, 0.717) is 16.2 Å². The quantitative estimate of drug-likeness (QED) is 0.700. The minimum Gasteiger partial charge on any atom is -0.252 e. The van der Waals surface area contributed by atoms with Crippen molar-refractivity contribution in [2.75, 3.05) is 0 Å². The molecule has 0 saturated carbocycles. The molecule has 3 aromatic rings. The lowest BCUT2D eigenvalue weighted by molar-refractivity contribution is 0.826. The monoisotopic (exact) mass is 321 g/mol. The molecular weight excluding hydrogens is 314 g/mol. The fourth-order valence-corrected chi connectivity index (χ4v) is 2.08. The number of hydrogen-bond donors (Lipinski definition) is 1. The van der Waals surface area contributed by atoms with Gasteiger partial charge in [-0.2, -0.15) is 9.61 Å². The van der Waals surface area contributed by atoms with E-state index in [1.165, 1.54) is 0 Å². The number of rotatable bonds is 1. The van der Waals surface area contributed by atoms with Crippen molar-refractivity contribution in [3.8, 4) is 11.4 Å². The van der Waals surface area contributed by atoms with E-state index in [4.69, 9.17) is 12.2 Å². The van der Waals surface area contributed by atoms with E-state index in [0.717, 1.165) is 15.7 Å². The van der Waals surface area contributed by atoms with Crippen LogP contribution in [0.15, 0.2) is 28.7 Å². The van der Waals surface area contributed by atoms with Gasteiger partial charge in [0.15, 0.2) is 11.5 Å². The molecule has 0 saturated heterocycles. The second kappa shape index (κ2) is 4.25. The molecule has 1 aromatic carbocycles. The van der Waals surface area contributed by atoms with Gasteiger partial charge in [-0.15, -0.1) is 5.10 Å². The van der Waals surface area contributed by atoms with Crippen LogP contribution in [0.3, 0.4) is 0 Å². The van der Waals surface area contributed by atoms with Crippen molar-refractivity contribution in [1.29, 1.82) is 0 Å². The smallest absolute Gasteiger partial charge is 0.216 e. The van der Waals surface area contributed by atoms with E-state index in [9.17, 15) is 0 Å². The molecule has 0 bridgehead atoms. The fraction of sp³-hybridized carbons (Fsp3) is 0.0909. The van der Waals surface area contributed by atoms with Gasteiger partial charge in [0.25, 0.3) is 0 Å². The van der Waals surface area contributed by atoms with E-state index in [2.05, 4.69) is 36.2 Å². The molecular formula is C11H8BrN5S. The molecule has 18 heavy (non-hydrogen) atoms. The summed E-state index contributed by atoms with van der Waals surface area (Å²) in [6, 6.07) is 7.81. The van der Waals surface area contributed by atoms with Gasteiger partial charge in [0.1, 0.15) is 5.69 Å². The Labute approximate surface area is 116 Å². The van der Waals surface area contributed by atoms with Gasteiger partial charge in [0.05, 0.1) is 0 Å². The molecule has 0 aliphatic heterocycles. The lowest BCUT2D eigenvalue weighted by atomic mass is 10.2. The highest BCUT2D eigenvalue weighted by Crippen LogP contribution is 2.19. The molecule has 2 heterocycles. The maximum atomic E-state index is 5.13. The molecule has 0 fully saturated rings. The topological polar surface area (TPSA) is 58.9 Å². The van der Waals surface area contributed by atoms with Crippen molar-refractivity contribution in [2.45, 2.75) is 6.92 Å². The second-order valence-corrected chi connectivity index (χ2v) is 5.09. The van der Waals surface area contributed by atoms with Gasteiger partial charge in [-0.1, -0.05) is 28.1 Å². The molecule has 5 nitrogen and oxygen atoms in total. The number of fused-ring (bicyclic) bond motifs is 1. The van der Waals surface area contributed by atoms with Gasteiger partial charge in [-0.25, -0.2) is 4.98 Å². The number of hydrogen-bond acceptors (Lipinski definition) is 4. The molecule has 2 aromatic heterocycles. The Morgan fingerprint density at radius 2 is 2.00 bits per heavy atom. The molecule has 3 rings (SSSR count). The summed E-state index contributed by atoms with van der Waals surface area (Å²) in [5.74, 6) is 0.637. The lowest BCUT2D eigenvalue weighted by Gasteiger charge is -1.93. The van der Waals surface area contributed by atoms with Crippen molar-refractivity contribution in [3.05, 3.63) is 39.2 Å². The van der Waals surface area contributed by atoms with Crippen LogP contribution in [0.2, 0.25) is 0 Å². The Balaban J connectivity index is 2.25. The van der Waals surface area contributed by atoms with Crippen molar-refractivity contribution < 1.29 is 0 Å². The number of aromatic amines is 1. The van der Waals surface area contributed by atoms with Gasteiger partial charge in [0, 0.05) is 10.0 Å². The highest BCUT2D eigenvalue weighted by molar-refractivity contribution is 9.10. The van der Waals surface area contributed by atoms with Crippen LogP contribution in [0, 0.1) is 11.7 Å². The maximum absolute atomic E-state index is 5.13. The highest BCUT2D eigenvalue weighted by atomic mass is 79.9. The lowest BCUT2D eigenvalue weighted by Crippen LogP contribution is -1.98. The van der Waals surface area contributed by atoms with Crippen LogP contribution in [-0.2, 0) is 0 Å². The van der Waals surface area contributed by atoms with Gasteiger partial charge in [-0.05, 0) is 31.3 Å². The molecule has 1 N–H and O–H groups in total. The molecule has 0 spiro atoms.